The Hall–Kier alpha value is -3.68. The smallest absolute Gasteiger partial charge is 0.254 e. The third kappa shape index (κ3) is 3.54. The maximum absolute atomic E-state index is 13.6. The number of fused-ring (bicyclic) bond motifs is 2. The van der Waals surface area contributed by atoms with Crippen molar-refractivity contribution in [3.63, 3.8) is 0 Å². The molecule has 0 unspecified atom stereocenters. The molecule has 0 bridgehead atoms. The first-order valence-corrected chi connectivity index (χ1v) is 12.1. The van der Waals surface area contributed by atoms with E-state index in [1.165, 1.54) is 18.4 Å². The molecule has 0 amide bonds. The van der Waals surface area contributed by atoms with E-state index < -0.39 is 0 Å². The molecule has 0 radical (unpaired) electrons. The molecule has 1 aliphatic carbocycles. The van der Waals surface area contributed by atoms with Gasteiger partial charge in [0, 0.05) is 23.9 Å². The molecule has 3 heterocycles. The summed E-state index contributed by atoms with van der Waals surface area (Å²) in [5, 5.41) is 14.0. The van der Waals surface area contributed by atoms with Crippen molar-refractivity contribution >= 4 is 16.6 Å². The van der Waals surface area contributed by atoms with E-state index in [1.54, 1.807) is 7.11 Å². The maximum atomic E-state index is 13.6. The van der Waals surface area contributed by atoms with Gasteiger partial charge >= 0.3 is 0 Å². The van der Waals surface area contributed by atoms with Crippen molar-refractivity contribution in [2.45, 2.75) is 50.6 Å². The lowest BCUT2D eigenvalue weighted by atomic mass is 9.96. The normalized spacial score (nSPS) is 17.1. The zero-order valence-electron chi connectivity index (χ0n) is 19.3. The fourth-order valence-electron chi connectivity index (χ4n) is 5.59. The molecule has 0 saturated heterocycles. The molecule has 1 aliphatic heterocycles. The van der Waals surface area contributed by atoms with Crippen LogP contribution in [-0.2, 0) is 6.42 Å². The van der Waals surface area contributed by atoms with Crippen molar-refractivity contribution in [1.29, 1.82) is 0 Å². The van der Waals surface area contributed by atoms with Gasteiger partial charge in [0.05, 0.1) is 18.7 Å². The molecule has 2 aromatic carbocycles. The fourth-order valence-corrected chi connectivity index (χ4v) is 5.59. The number of methoxy groups -OCH3 is 1. The van der Waals surface area contributed by atoms with Crippen molar-refractivity contribution in [3.05, 3.63) is 75.8 Å². The summed E-state index contributed by atoms with van der Waals surface area (Å²) in [6.07, 6.45) is 6.53. The maximum Gasteiger partial charge on any atom is 0.254 e. The lowest BCUT2D eigenvalue weighted by Crippen LogP contribution is -2.38. The Morgan fingerprint density at radius 1 is 1.09 bits per heavy atom. The summed E-state index contributed by atoms with van der Waals surface area (Å²) in [4.78, 5) is 19.0. The summed E-state index contributed by atoms with van der Waals surface area (Å²) in [5.41, 5.74) is 3.72. The number of aromatic amines is 1. The monoisotopic (exact) mass is 456 g/mol. The van der Waals surface area contributed by atoms with Gasteiger partial charge in [0.2, 0.25) is 0 Å². The van der Waals surface area contributed by atoms with Crippen LogP contribution in [0.3, 0.4) is 0 Å². The predicted molar refractivity (Wildman–Crippen MR) is 130 cm³/mol. The molecule has 174 valence electrons. The summed E-state index contributed by atoms with van der Waals surface area (Å²) in [6.45, 7) is 0.833. The molecule has 34 heavy (non-hydrogen) atoms. The van der Waals surface area contributed by atoms with E-state index in [0.29, 0.717) is 11.3 Å². The first-order valence-electron chi connectivity index (χ1n) is 12.1. The van der Waals surface area contributed by atoms with Crippen LogP contribution in [0, 0.1) is 0 Å². The second-order valence-electron chi connectivity index (χ2n) is 9.26. The minimum absolute atomic E-state index is 0.130. The molecule has 1 atom stereocenters. The highest BCUT2D eigenvalue weighted by molar-refractivity contribution is 5.81. The second-order valence-corrected chi connectivity index (χ2v) is 9.26. The van der Waals surface area contributed by atoms with Crippen LogP contribution < -0.4 is 15.2 Å². The van der Waals surface area contributed by atoms with Crippen LogP contribution in [0.4, 0.5) is 5.69 Å². The summed E-state index contributed by atoms with van der Waals surface area (Å²) in [6, 6.07) is 16.1. The largest absolute Gasteiger partial charge is 0.497 e. The Balaban J connectivity index is 1.55. The highest BCUT2D eigenvalue weighted by atomic mass is 16.5. The average Bonchev–Trinajstić information content (AvgIpc) is 3.57. The Labute approximate surface area is 197 Å². The van der Waals surface area contributed by atoms with Gasteiger partial charge in [0.1, 0.15) is 11.8 Å². The van der Waals surface area contributed by atoms with Crippen LogP contribution in [0.25, 0.3) is 10.9 Å². The van der Waals surface area contributed by atoms with Gasteiger partial charge in [-0.3, -0.25) is 4.79 Å². The number of aryl methyl sites for hydroxylation is 1. The minimum atomic E-state index is -0.382. The Bertz CT molecular complexity index is 1390. The van der Waals surface area contributed by atoms with Crippen LogP contribution in [0.2, 0.25) is 0 Å². The zero-order chi connectivity index (χ0) is 23.1. The van der Waals surface area contributed by atoms with E-state index >= 15 is 0 Å². The van der Waals surface area contributed by atoms with Crippen LogP contribution >= 0.6 is 0 Å². The van der Waals surface area contributed by atoms with Gasteiger partial charge in [0.25, 0.3) is 5.56 Å². The van der Waals surface area contributed by atoms with Gasteiger partial charge in [0.15, 0.2) is 5.82 Å². The van der Waals surface area contributed by atoms with E-state index in [-0.39, 0.29) is 17.6 Å². The second kappa shape index (κ2) is 8.59. The summed E-state index contributed by atoms with van der Waals surface area (Å²) >= 11 is 0. The Kier molecular flexibility index (Phi) is 5.28. The summed E-state index contributed by atoms with van der Waals surface area (Å²) in [5.74, 6) is 1.45. The third-order valence-electron chi connectivity index (χ3n) is 7.27. The molecule has 6 rings (SSSR count). The number of tetrazole rings is 1. The summed E-state index contributed by atoms with van der Waals surface area (Å²) in [7, 11) is 1.63. The predicted octanol–water partition coefficient (Wildman–Crippen LogP) is 4.18. The van der Waals surface area contributed by atoms with Crippen LogP contribution in [0.15, 0.2) is 53.3 Å². The number of hydrogen-bond acceptors (Lipinski definition) is 6. The highest BCUT2D eigenvalue weighted by Crippen LogP contribution is 2.39. The number of pyridine rings is 1. The number of rotatable bonds is 5. The van der Waals surface area contributed by atoms with Crippen LogP contribution in [0.1, 0.15) is 61.1 Å². The molecule has 0 spiro atoms. The first-order chi connectivity index (χ1) is 16.7. The molecule has 4 aromatic rings. The third-order valence-corrected chi connectivity index (χ3v) is 7.27. The van der Waals surface area contributed by atoms with E-state index in [9.17, 15) is 4.79 Å². The summed E-state index contributed by atoms with van der Waals surface area (Å²) < 4.78 is 7.32. The van der Waals surface area contributed by atoms with Crippen molar-refractivity contribution in [1.82, 2.24) is 25.2 Å². The van der Waals surface area contributed by atoms with Gasteiger partial charge in [-0.2, -0.15) is 0 Å². The number of ether oxygens (including phenoxy) is 1. The fraction of sp³-hybridized carbons (Fsp3) is 0.385. The Morgan fingerprint density at radius 2 is 1.94 bits per heavy atom. The molecular weight excluding hydrogens is 428 g/mol. The topological polar surface area (TPSA) is 88.9 Å². The number of para-hydroxylation sites is 1. The number of benzene rings is 2. The van der Waals surface area contributed by atoms with Gasteiger partial charge in [-0.05, 0) is 71.3 Å². The molecule has 2 aliphatic rings. The number of aromatic nitrogens is 5. The van der Waals surface area contributed by atoms with Crippen molar-refractivity contribution in [3.8, 4) is 5.75 Å². The van der Waals surface area contributed by atoms with Crippen molar-refractivity contribution < 1.29 is 4.74 Å². The highest BCUT2D eigenvalue weighted by Gasteiger charge is 2.35. The average molecular weight is 457 g/mol. The standard InChI is InChI=1S/C26H28N6O2/c1-34-20-13-12-18-15-21(26(33)27-22(18)16-20)24(25-28-29-30-32(25)19-9-3-4-10-19)31-14-6-8-17-7-2-5-11-23(17)31/h2,5,7,11-13,15-16,19,24H,3-4,6,8-10,14H2,1H3,(H,27,33)/t24-/m1/s1. The van der Waals surface area contributed by atoms with Gasteiger partial charge in [-0.25, -0.2) is 4.68 Å². The molecule has 8 nitrogen and oxygen atoms in total. The van der Waals surface area contributed by atoms with Gasteiger partial charge in [-0.15, -0.1) is 5.10 Å². The molecule has 8 heteroatoms. The molecule has 2 aromatic heterocycles. The lowest BCUT2D eigenvalue weighted by Gasteiger charge is -2.37. The van der Waals surface area contributed by atoms with Gasteiger partial charge in [-0.1, -0.05) is 31.0 Å². The quantitative estimate of drug-likeness (QED) is 0.485. The zero-order valence-corrected chi connectivity index (χ0v) is 19.3. The van der Waals surface area contributed by atoms with E-state index in [0.717, 1.165) is 54.6 Å². The SMILES string of the molecule is COc1ccc2cc([C@H](c3nnnn3C3CCCC3)N3CCCc4ccccc43)c(=O)[nH]c2c1. The number of hydrogen-bond donors (Lipinski definition) is 1. The van der Waals surface area contributed by atoms with Crippen molar-refractivity contribution in [2.75, 3.05) is 18.6 Å². The molecule has 1 saturated carbocycles. The minimum Gasteiger partial charge on any atom is -0.497 e. The molecular formula is C26H28N6O2. The lowest BCUT2D eigenvalue weighted by molar-refractivity contribution is 0.415. The first kappa shape index (κ1) is 20.9. The Morgan fingerprint density at radius 3 is 2.79 bits per heavy atom. The molecule has 1 N–H and O–H groups in total. The number of nitrogens with one attached hydrogen (secondary N) is 1. The van der Waals surface area contributed by atoms with Crippen LogP contribution in [0.5, 0.6) is 5.75 Å². The number of anilines is 1. The van der Waals surface area contributed by atoms with E-state index in [2.05, 4.69) is 49.7 Å². The number of nitrogens with zero attached hydrogens (tertiary/aromatic N) is 5. The molecule has 1 fully saturated rings. The van der Waals surface area contributed by atoms with Gasteiger partial charge < -0.3 is 14.6 Å². The van der Waals surface area contributed by atoms with E-state index in [1.807, 2.05) is 28.9 Å². The number of H-pyrrole nitrogens is 1. The van der Waals surface area contributed by atoms with Crippen LogP contribution in [-0.4, -0.2) is 38.8 Å². The van der Waals surface area contributed by atoms with E-state index in [4.69, 9.17) is 4.74 Å². The van der Waals surface area contributed by atoms with Crippen molar-refractivity contribution in [2.24, 2.45) is 0 Å².